The Kier molecular flexibility index (Phi) is 18.8. The second kappa shape index (κ2) is 20.5. The number of hydrogen-bond acceptors (Lipinski definition) is 9. The number of ether oxygens (including phenoxy) is 1. The van der Waals surface area contributed by atoms with Gasteiger partial charge in [-0.2, -0.15) is 4.31 Å². The molecule has 0 aliphatic rings. The van der Waals surface area contributed by atoms with Crippen molar-refractivity contribution in [1.29, 1.82) is 0 Å². The van der Waals surface area contributed by atoms with Crippen LogP contribution in [0.25, 0.3) is 0 Å². The normalized spacial score (nSPS) is 13.0. The number of nitrogens with two attached hydrogens (primary N) is 1. The minimum absolute atomic E-state index is 0.00545. The maximum absolute atomic E-state index is 13.6. The van der Waals surface area contributed by atoms with Crippen LogP contribution in [0.4, 0.5) is 4.79 Å². The minimum atomic E-state index is -3.84. The van der Waals surface area contributed by atoms with Crippen molar-refractivity contribution in [2.75, 3.05) is 64.7 Å². The highest BCUT2D eigenvalue weighted by Crippen LogP contribution is 2.17. The summed E-state index contributed by atoms with van der Waals surface area (Å²) >= 11 is 0. The van der Waals surface area contributed by atoms with E-state index in [-0.39, 0.29) is 37.0 Å². The molecule has 0 saturated carbocycles. The van der Waals surface area contributed by atoms with Gasteiger partial charge >= 0.3 is 6.09 Å². The molecule has 0 radical (unpaired) electrons. The topological polar surface area (TPSA) is 155 Å². The number of nitrogens with zero attached hydrogens (tertiary/aromatic N) is 4. The Bertz CT molecular complexity index is 1240. The molecule has 1 aromatic heterocycles. The smallest absolute Gasteiger partial charge is 0.407 e. The number of sulfonamides is 2. The number of aromatic nitrogens is 1. The molecule has 15 heteroatoms. The van der Waals surface area contributed by atoms with Crippen molar-refractivity contribution in [1.82, 2.24) is 23.8 Å². The fraction of sp³-hybridized carbons (Fsp3) is 0.742. The Hall–Kier alpha value is -1.88. The van der Waals surface area contributed by atoms with E-state index in [2.05, 4.69) is 41.4 Å². The van der Waals surface area contributed by atoms with Gasteiger partial charge in [-0.1, -0.05) is 31.8 Å². The van der Waals surface area contributed by atoms with Crippen molar-refractivity contribution >= 4 is 34.2 Å². The van der Waals surface area contributed by atoms with Gasteiger partial charge in [0.2, 0.25) is 10.0 Å². The van der Waals surface area contributed by atoms with Gasteiger partial charge in [0.1, 0.15) is 5.60 Å². The predicted octanol–water partition coefficient (Wildman–Crippen LogP) is 3.96. The van der Waals surface area contributed by atoms with Crippen LogP contribution >= 0.6 is 0 Å². The summed E-state index contributed by atoms with van der Waals surface area (Å²) in [6, 6.07) is 5.46. The first kappa shape index (κ1) is 42.1. The first-order valence-corrected chi connectivity index (χ1v) is 23.1. The van der Waals surface area contributed by atoms with Crippen LogP contribution in [-0.2, 0) is 24.8 Å². The monoisotopic (exact) mass is 704 g/mol. The summed E-state index contributed by atoms with van der Waals surface area (Å²) in [7, 11) is -8.97. The number of hydrogen-bond donors (Lipinski definition) is 2. The molecule has 12 nitrogen and oxygen atoms in total. The van der Waals surface area contributed by atoms with Crippen molar-refractivity contribution < 1.29 is 26.4 Å². The molecule has 0 fully saturated rings. The first-order chi connectivity index (χ1) is 21.4. The van der Waals surface area contributed by atoms with E-state index in [1.54, 1.807) is 32.9 Å². The van der Waals surface area contributed by atoms with Gasteiger partial charge < -0.3 is 15.8 Å². The Morgan fingerprint density at radius 2 is 1.57 bits per heavy atom. The van der Waals surface area contributed by atoms with Crippen LogP contribution in [-0.4, -0.2) is 120 Å². The number of carbonyl (C=O) groups excluding carboxylic acids is 1. The van der Waals surface area contributed by atoms with Gasteiger partial charge in [0, 0.05) is 53.5 Å². The Morgan fingerprint density at radius 3 is 2.13 bits per heavy atom. The van der Waals surface area contributed by atoms with E-state index >= 15 is 0 Å². The highest BCUT2D eigenvalue weighted by Gasteiger charge is 2.27. The first-order valence-electron chi connectivity index (χ1n) is 16.3. The molecule has 1 heterocycles. The maximum atomic E-state index is 13.6. The van der Waals surface area contributed by atoms with Crippen LogP contribution in [0.15, 0.2) is 42.1 Å². The standard InChI is InChI=1S/C31H60N6O6S2Si/c1-8-20-35(21-13-17-32)22-15-26-37(45(41,42)29-16-9-10-18-33-29)24-12-11-23-36(44(39,40)27-28-46(5,6)7)25-14-19-34-30(38)43-31(2,3)4/h8-10,16,18H,1,11-15,17,19-28,32H2,2-7H3,(H,34,38). The van der Waals surface area contributed by atoms with E-state index < -0.39 is 39.8 Å². The highest BCUT2D eigenvalue weighted by molar-refractivity contribution is 7.89. The molecule has 1 amide bonds. The number of unbranched alkanes of at least 4 members (excludes halogenated alkanes) is 1. The quantitative estimate of drug-likeness (QED) is 0.0924. The molecule has 3 N–H and O–H groups in total. The van der Waals surface area contributed by atoms with Crippen LogP contribution in [0, 0.1) is 0 Å². The van der Waals surface area contributed by atoms with Gasteiger partial charge in [0.25, 0.3) is 10.0 Å². The van der Waals surface area contributed by atoms with Gasteiger partial charge in [-0.25, -0.2) is 30.9 Å². The van der Waals surface area contributed by atoms with Crippen LogP contribution in [0.2, 0.25) is 25.7 Å². The number of amides is 1. The number of carbonyl (C=O) groups is 1. The summed E-state index contributed by atoms with van der Waals surface area (Å²) in [6.45, 7) is 19.7. The lowest BCUT2D eigenvalue weighted by molar-refractivity contribution is 0.0526. The van der Waals surface area contributed by atoms with E-state index in [0.29, 0.717) is 57.9 Å². The summed E-state index contributed by atoms with van der Waals surface area (Å²) in [4.78, 5) is 18.3. The van der Waals surface area contributed by atoms with Crippen molar-refractivity contribution in [2.45, 2.75) is 89.2 Å². The summed E-state index contributed by atoms with van der Waals surface area (Å²) < 4.78 is 62.1. The molecule has 46 heavy (non-hydrogen) atoms. The summed E-state index contributed by atoms with van der Waals surface area (Å²) in [5.41, 5.74) is 5.06. The number of rotatable bonds is 24. The van der Waals surface area contributed by atoms with Gasteiger partial charge in [-0.05, 0) is 90.7 Å². The van der Waals surface area contributed by atoms with Gasteiger partial charge in [-0.15, -0.1) is 6.58 Å². The molecule has 266 valence electrons. The third kappa shape index (κ3) is 17.9. The average Bonchev–Trinajstić information content (AvgIpc) is 2.96. The molecule has 0 spiro atoms. The average molecular weight is 705 g/mol. The van der Waals surface area contributed by atoms with E-state index in [4.69, 9.17) is 10.5 Å². The predicted molar refractivity (Wildman–Crippen MR) is 190 cm³/mol. The lowest BCUT2D eigenvalue weighted by Crippen LogP contribution is -2.39. The van der Waals surface area contributed by atoms with E-state index in [1.807, 2.05) is 6.08 Å². The zero-order valence-electron chi connectivity index (χ0n) is 29.0. The number of alkyl carbamates (subject to hydrolysis) is 1. The molecule has 0 aliphatic heterocycles. The van der Waals surface area contributed by atoms with Crippen LogP contribution < -0.4 is 11.1 Å². The molecule has 0 aliphatic carbocycles. The second-order valence-electron chi connectivity index (χ2n) is 13.7. The Balaban J connectivity index is 2.94. The molecule has 1 aromatic rings. The van der Waals surface area contributed by atoms with Crippen LogP contribution in [0.1, 0.15) is 52.9 Å². The second-order valence-corrected chi connectivity index (χ2v) is 23.3. The summed E-state index contributed by atoms with van der Waals surface area (Å²) in [6.07, 6.45) is 5.61. The van der Waals surface area contributed by atoms with Crippen molar-refractivity contribution in [3.05, 3.63) is 37.1 Å². The fourth-order valence-electron chi connectivity index (χ4n) is 4.54. The summed E-state index contributed by atoms with van der Waals surface area (Å²) in [5, 5.41) is 2.69. The van der Waals surface area contributed by atoms with Crippen molar-refractivity contribution in [2.24, 2.45) is 5.73 Å². The molecule has 0 aromatic carbocycles. The highest BCUT2D eigenvalue weighted by atomic mass is 32.2. The number of pyridine rings is 1. The van der Waals surface area contributed by atoms with E-state index in [1.165, 1.54) is 20.9 Å². The lowest BCUT2D eigenvalue weighted by Gasteiger charge is -2.26. The Labute approximate surface area is 280 Å². The molecular weight excluding hydrogens is 645 g/mol. The molecule has 0 unspecified atom stereocenters. The van der Waals surface area contributed by atoms with E-state index in [9.17, 15) is 21.6 Å². The molecule has 1 rings (SSSR count). The largest absolute Gasteiger partial charge is 0.444 e. The van der Waals surface area contributed by atoms with Gasteiger partial charge in [0.15, 0.2) is 5.03 Å². The molecule has 0 saturated heterocycles. The van der Waals surface area contributed by atoms with Gasteiger partial charge in [0.05, 0.1) is 5.75 Å². The molecule has 0 atom stereocenters. The maximum Gasteiger partial charge on any atom is 0.407 e. The zero-order valence-corrected chi connectivity index (χ0v) is 31.7. The van der Waals surface area contributed by atoms with Crippen molar-refractivity contribution in [3.8, 4) is 0 Å². The molecule has 0 bridgehead atoms. The van der Waals surface area contributed by atoms with Gasteiger partial charge in [-0.3, -0.25) is 4.90 Å². The zero-order chi connectivity index (χ0) is 34.9. The van der Waals surface area contributed by atoms with Crippen molar-refractivity contribution in [3.63, 3.8) is 0 Å². The third-order valence-electron chi connectivity index (χ3n) is 7.01. The van der Waals surface area contributed by atoms with Crippen LogP contribution in [0.3, 0.4) is 0 Å². The lowest BCUT2D eigenvalue weighted by atomic mass is 10.2. The SMILES string of the molecule is C=CCN(CCCN)CCCN(CCCCN(CCCNC(=O)OC(C)(C)C)S(=O)(=O)CC[Si](C)(C)C)S(=O)(=O)c1ccccn1. The molecular formula is C31H60N6O6S2Si. The minimum Gasteiger partial charge on any atom is -0.444 e. The summed E-state index contributed by atoms with van der Waals surface area (Å²) in [5.74, 6) is 0.0771. The fourth-order valence-corrected chi connectivity index (χ4v) is 10.5. The van der Waals surface area contributed by atoms with E-state index in [0.717, 1.165) is 13.0 Å². The third-order valence-corrected chi connectivity index (χ3v) is 12.8. The Morgan fingerprint density at radius 1 is 0.957 bits per heavy atom. The van der Waals surface area contributed by atoms with Crippen LogP contribution in [0.5, 0.6) is 0 Å². The number of nitrogens with one attached hydrogen (secondary N) is 1.